The number of hydrogen-bond donors (Lipinski definition) is 5. The van der Waals surface area contributed by atoms with Gasteiger partial charge in [0.25, 0.3) is 5.91 Å². The maximum atomic E-state index is 12.8. The van der Waals surface area contributed by atoms with Crippen molar-refractivity contribution in [2.75, 3.05) is 7.11 Å². The molecule has 0 aliphatic heterocycles. The van der Waals surface area contributed by atoms with Crippen molar-refractivity contribution in [3.8, 4) is 5.75 Å². The van der Waals surface area contributed by atoms with Crippen LogP contribution in [-0.2, 0) is 16.0 Å². The number of aliphatic hydroxyl groups is 2. The van der Waals surface area contributed by atoms with E-state index in [4.69, 9.17) is 14.9 Å². The molecule has 0 bridgehead atoms. The summed E-state index contributed by atoms with van der Waals surface area (Å²) in [6.07, 6.45) is 0.0469. The molecule has 1 heterocycles. The van der Waals surface area contributed by atoms with E-state index in [0.29, 0.717) is 5.75 Å². The van der Waals surface area contributed by atoms with Crippen LogP contribution in [0.5, 0.6) is 5.75 Å². The van der Waals surface area contributed by atoms with E-state index >= 15 is 0 Å². The maximum absolute atomic E-state index is 12.8. The second-order valence-electron chi connectivity index (χ2n) is 7.41. The fraction of sp³-hybridized carbons (Fsp3) is 0.318. The summed E-state index contributed by atoms with van der Waals surface area (Å²) in [5.41, 5.74) is 6.32. The molecule has 1 aliphatic rings. The van der Waals surface area contributed by atoms with E-state index < -0.39 is 42.0 Å². The number of methoxy groups -OCH3 is 1. The Morgan fingerprint density at radius 3 is 2.50 bits per heavy atom. The fourth-order valence-electron chi connectivity index (χ4n) is 3.37. The number of amides is 3. The summed E-state index contributed by atoms with van der Waals surface area (Å²) in [7, 11) is 1.54. The summed E-state index contributed by atoms with van der Waals surface area (Å²) < 4.78 is 10.1. The Morgan fingerprint density at radius 1 is 1.19 bits per heavy atom. The molecule has 0 saturated carbocycles. The van der Waals surface area contributed by atoms with Gasteiger partial charge in [0.1, 0.15) is 17.9 Å². The van der Waals surface area contributed by atoms with E-state index in [1.54, 1.807) is 24.3 Å². The molecular weight excluding hydrogens is 418 g/mol. The Kier molecular flexibility index (Phi) is 7.29. The fourth-order valence-corrected chi connectivity index (χ4v) is 3.37. The second-order valence-corrected chi connectivity index (χ2v) is 7.41. The number of aliphatic hydroxyl groups excluding tert-OH is 2. The number of nitrogens with two attached hydrogens (primary N) is 1. The first-order valence-corrected chi connectivity index (χ1v) is 9.92. The summed E-state index contributed by atoms with van der Waals surface area (Å²) in [6.45, 7) is 0. The van der Waals surface area contributed by atoms with Crippen LogP contribution in [0.15, 0.2) is 58.7 Å². The highest BCUT2D eigenvalue weighted by Crippen LogP contribution is 2.21. The maximum Gasteiger partial charge on any atom is 0.287 e. The van der Waals surface area contributed by atoms with Gasteiger partial charge in [-0.3, -0.25) is 14.4 Å². The molecule has 1 aromatic heterocycles. The number of furan rings is 1. The van der Waals surface area contributed by atoms with Crippen molar-refractivity contribution in [3.05, 3.63) is 65.6 Å². The zero-order valence-corrected chi connectivity index (χ0v) is 17.4. The second kappa shape index (κ2) is 10.1. The predicted molar refractivity (Wildman–Crippen MR) is 112 cm³/mol. The lowest BCUT2D eigenvalue weighted by Crippen LogP contribution is -2.52. The van der Waals surface area contributed by atoms with E-state index in [2.05, 4.69) is 10.6 Å². The zero-order chi connectivity index (χ0) is 23.3. The Balaban J connectivity index is 1.71. The summed E-state index contributed by atoms with van der Waals surface area (Å²) in [4.78, 5) is 36.9. The van der Waals surface area contributed by atoms with Gasteiger partial charge < -0.3 is 35.7 Å². The molecule has 3 amide bonds. The molecule has 0 unspecified atom stereocenters. The average Bonchev–Trinajstić information content (AvgIpc) is 3.31. The summed E-state index contributed by atoms with van der Waals surface area (Å²) in [5, 5.41) is 25.5. The van der Waals surface area contributed by atoms with Crippen LogP contribution in [0.25, 0.3) is 0 Å². The molecule has 32 heavy (non-hydrogen) atoms. The van der Waals surface area contributed by atoms with Crippen molar-refractivity contribution in [3.63, 3.8) is 0 Å². The summed E-state index contributed by atoms with van der Waals surface area (Å²) in [6, 6.07) is 7.88. The number of ether oxygens (including phenoxy) is 1. The number of primary amides is 1. The molecule has 170 valence electrons. The van der Waals surface area contributed by atoms with E-state index in [0.717, 1.165) is 5.56 Å². The number of hydrogen-bond acceptors (Lipinski definition) is 7. The monoisotopic (exact) mass is 443 g/mol. The first kappa shape index (κ1) is 23.0. The molecule has 0 radical (unpaired) electrons. The Morgan fingerprint density at radius 2 is 1.91 bits per heavy atom. The zero-order valence-electron chi connectivity index (χ0n) is 17.4. The normalized spacial score (nSPS) is 21.2. The molecule has 10 nitrogen and oxygen atoms in total. The van der Waals surface area contributed by atoms with Crippen molar-refractivity contribution < 1.29 is 33.8 Å². The number of carbonyl (C=O) groups is 3. The molecule has 10 heteroatoms. The van der Waals surface area contributed by atoms with Crippen molar-refractivity contribution in [2.45, 2.75) is 37.1 Å². The number of rotatable bonds is 8. The Labute approximate surface area is 184 Å². The number of benzene rings is 1. The van der Waals surface area contributed by atoms with Crippen molar-refractivity contribution >= 4 is 17.7 Å². The van der Waals surface area contributed by atoms with Gasteiger partial charge in [-0.05, 0) is 29.8 Å². The molecule has 0 saturated heterocycles. The minimum atomic E-state index is -1.32. The van der Waals surface area contributed by atoms with Crippen LogP contribution >= 0.6 is 0 Å². The molecule has 1 aromatic carbocycles. The van der Waals surface area contributed by atoms with Gasteiger partial charge in [-0.25, -0.2) is 0 Å². The molecule has 4 atom stereocenters. The van der Waals surface area contributed by atoms with Crippen LogP contribution in [0, 0.1) is 0 Å². The third kappa shape index (κ3) is 5.54. The first-order valence-electron chi connectivity index (χ1n) is 9.92. The molecule has 2 aromatic rings. The van der Waals surface area contributed by atoms with Gasteiger partial charge in [-0.1, -0.05) is 18.2 Å². The van der Waals surface area contributed by atoms with Crippen LogP contribution in [0.2, 0.25) is 0 Å². The highest BCUT2D eigenvalue weighted by Gasteiger charge is 2.35. The van der Waals surface area contributed by atoms with Gasteiger partial charge in [0.2, 0.25) is 11.8 Å². The molecule has 0 spiro atoms. The van der Waals surface area contributed by atoms with Gasteiger partial charge in [0.05, 0.1) is 25.5 Å². The average molecular weight is 443 g/mol. The van der Waals surface area contributed by atoms with Crippen LogP contribution in [0.4, 0.5) is 0 Å². The Bertz CT molecular complexity index is 985. The summed E-state index contributed by atoms with van der Waals surface area (Å²) in [5.74, 6) is -1.31. The topological polar surface area (TPSA) is 164 Å². The van der Waals surface area contributed by atoms with E-state index in [1.165, 1.54) is 31.6 Å². The largest absolute Gasteiger partial charge is 0.497 e. The van der Waals surface area contributed by atoms with Crippen LogP contribution in [0.1, 0.15) is 22.5 Å². The third-order valence-electron chi connectivity index (χ3n) is 5.15. The lowest BCUT2D eigenvalue weighted by molar-refractivity contribution is -0.125. The van der Waals surface area contributed by atoms with Gasteiger partial charge in [0.15, 0.2) is 5.76 Å². The van der Waals surface area contributed by atoms with Crippen LogP contribution in [-0.4, -0.2) is 59.3 Å². The minimum absolute atomic E-state index is 0.0185. The number of nitrogens with one attached hydrogen (secondary N) is 2. The minimum Gasteiger partial charge on any atom is -0.497 e. The smallest absolute Gasteiger partial charge is 0.287 e. The van der Waals surface area contributed by atoms with E-state index in [9.17, 15) is 24.6 Å². The van der Waals surface area contributed by atoms with Crippen LogP contribution in [0.3, 0.4) is 0 Å². The highest BCUT2D eigenvalue weighted by atomic mass is 16.5. The van der Waals surface area contributed by atoms with E-state index in [1.807, 2.05) is 0 Å². The lowest BCUT2D eigenvalue weighted by Gasteiger charge is -2.31. The van der Waals surface area contributed by atoms with Gasteiger partial charge in [0, 0.05) is 18.4 Å². The van der Waals surface area contributed by atoms with Crippen molar-refractivity contribution in [2.24, 2.45) is 5.73 Å². The van der Waals surface area contributed by atoms with Crippen LogP contribution < -0.4 is 21.1 Å². The molecule has 6 N–H and O–H groups in total. The quantitative estimate of drug-likeness (QED) is 0.372. The van der Waals surface area contributed by atoms with Crippen molar-refractivity contribution in [1.29, 1.82) is 0 Å². The molecule has 3 rings (SSSR count). The summed E-state index contributed by atoms with van der Waals surface area (Å²) >= 11 is 0. The highest BCUT2D eigenvalue weighted by molar-refractivity contribution is 5.97. The lowest BCUT2D eigenvalue weighted by atomic mass is 9.89. The predicted octanol–water partition coefficient (Wildman–Crippen LogP) is -0.349. The van der Waals surface area contributed by atoms with Gasteiger partial charge in [-0.15, -0.1) is 0 Å². The Hall–Kier alpha value is -3.63. The van der Waals surface area contributed by atoms with Crippen molar-refractivity contribution in [1.82, 2.24) is 10.6 Å². The third-order valence-corrected chi connectivity index (χ3v) is 5.15. The van der Waals surface area contributed by atoms with Gasteiger partial charge in [-0.2, -0.15) is 0 Å². The molecule has 0 fully saturated rings. The SMILES string of the molecule is COc1ccc(C[C@H](NC(=O)C2=C[C@@H](NC(=O)c3ccco3)[C@@H](O)[C@H](O)C2)C(N)=O)cc1. The standard InChI is InChI=1S/C22H25N3O7/c1-31-14-6-4-12(5-7-14)9-16(20(23)28)25-21(29)13-10-15(19(27)17(26)11-13)24-22(30)18-3-2-8-32-18/h2-8,10,15-17,19,26-27H,9,11H2,1H3,(H2,23,28)(H,24,30)(H,25,29)/t15-,16+,17-,19-/m1/s1. The molecular formula is C22H25N3O7. The van der Waals surface area contributed by atoms with E-state index in [-0.39, 0.29) is 24.2 Å². The van der Waals surface area contributed by atoms with Gasteiger partial charge >= 0.3 is 0 Å². The molecule has 1 aliphatic carbocycles. The first-order chi connectivity index (χ1) is 15.3. The number of carbonyl (C=O) groups excluding carboxylic acids is 3.